The summed E-state index contributed by atoms with van der Waals surface area (Å²) in [5.74, 6) is 1.53. The predicted molar refractivity (Wildman–Crippen MR) is 127 cm³/mol. The number of nitrogens with zero attached hydrogens (tertiary/aromatic N) is 4. The zero-order valence-corrected chi connectivity index (χ0v) is 21.4. The van der Waals surface area contributed by atoms with E-state index >= 15 is 0 Å². The maximum absolute atomic E-state index is 6.35. The minimum absolute atomic E-state index is 0.176. The van der Waals surface area contributed by atoms with Gasteiger partial charge in [0.2, 0.25) is 5.89 Å². The molecule has 7 heteroatoms. The summed E-state index contributed by atoms with van der Waals surface area (Å²) in [6.07, 6.45) is 0.811. The third-order valence-electron chi connectivity index (χ3n) is 6.95. The molecule has 1 fully saturated rings. The summed E-state index contributed by atoms with van der Waals surface area (Å²) in [4.78, 5) is 9.46. The number of benzene rings is 1. The Labute approximate surface area is 189 Å². The van der Waals surface area contributed by atoms with Crippen molar-refractivity contribution < 1.29 is 8.95 Å². The van der Waals surface area contributed by atoms with Crippen LogP contribution < -0.4 is 0 Å². The van der Waals surface area contributed by atoms with Crippen molar-refractivity contribution >= 4 is 8.32 Å². The van der Waals surface area contributed by atoms with Crippen LogP contribution >= 0.6 is 0 Å². The first-order valence-electron chi connectivity index (χ1n) is 11.6. The number of piperazine rings is 1. The summed E-state index contributed by atoms with van der Waals surface area (Å²) in [5, 5.41) is 4.28. The molecule has 0 saturated carbocycles. The van der Waals surface area contributed by atoms with Gasteiger partial charge >= 0.3 is 0 Å². The standard InChI is InChI=1S/C24H40N4O2Si/c1-8-22-25-23(30-26-22)19(2)28-15-13-27(14-16-28)17-20-9-11-21(12-10-20)18-29-31(6,7)24(3,4)5/h9-12,19H,8,13-18H2,1-7H3/t19-/m1/s1. The molecule has 2 heterocycles. The maximum atomic E-state index is 6.35. The molecule has 2 aromatic rings. The molecule has 1 saturated heterocycles. The number of hydrogen-bond acceptors (Lipinski definition) is 6. The Balaban J connectivity index is 1.46. The second kappa shape index (κ2) is 9.94. The van der Waals surface area contributed by atoms with Crippen molar-refractivity contribution in [1.29, 1.82) is 0 Å². The van der Waals surface area contributed by atoms with Gasteiger partial charge in [0, 0.05) is 39.1 Å². The zero-order chi connectivity index (χ0) is 22.6. The topological polar surface area (TPSA) is 54.6 Å². The molecule has 1 aromatic heterocycles. The average molecular weight is 445 g/mol. The zero-order valence-electron chi connectivity index (χ0n) is 20.4. The highest BCUT2D eigenvalue weighted by Crippen LogP contribution is 2.37. The van der Waals surface area contributed by atoms with Crippen LogP contribution in [0.2, 0.25) is 18.1 Å². The first kappa shape index (κ1) is 24.1. The highest BCUT2D eigenvalue weighted by Gasteiger charge is 2.37. The van der Waals surface area contributed by atoms with Crippen LogP contribution in [0.5, 0.6) is 0 Å². The Kier molecular flexibility index (Phi) is 7.73. The van der Waals surface area contributed by atoms with Crippen LogP contribution in [-0.4, -0.2) is 54.4 Å². The van der Waals surface area contributed by atoms with Crippen molar-refractivity contribution in [2.75, 3.05) is 26.2 Å². The molecule has 1 aromatic carbocycles. The Hall–Kier alpha value is -1.54. The quantitative estimate of drug-likeness (QED) is 0.532. The molecule has 0 radical (unpaired) electrons. The van der Waals surface area contributed by atoms with Gasteiger partial charge in [-0.25, -0.2) is 0 Å². The molecule has 1 atom stereocenters. The second-order valence-electron chi connectivity index (χ2n) is 10.3. The Morgan fingerprint density at radius 3 is 2.23 bits per heavy atom. The molecular weight excluding hydrogens is 404 g/mol. The Morgan fingerprint density at radius 2 is 1.68 bits per heavy atom. The van der Waals surface area contributed by atoms with Gasteiger partial charge in [-0.15, -0.1) is 0 Å². The van der Waals surface area contributed by atoms with Crippen LogP contribution in [-0.2, 0) is 24.0 Å². The van der Waals surface area contributed by atoms with Gasteiger partial charge in [0.1, 0.15) is 0 Å². The van der Waals surface area contributed by atoms with E-state index in [1.807, 2.05) is 6.92 Å². The molecule has 0 amide bonds. The van der Waals surface area contributed by atoms with E-state index in [9.17, 15) is 0 Å². The van der Waals surface area contributed by atoms with E-state index in [0.29, 0.717) is 6.61 Å². The second-order valence-corrected chi connectivity index (χ2v) is 15.1. The summed E-state index contributed by atoms with van der Waals surface area (Å²) >= 11 is 0. The van der Waals surface area contributed by atoms with Gasteiger partial charge in [-0.2, -0.15) is 4.98 Å². The Bertz CT molecular complexity index is 821. The molecule has 0 bridgehead atoms. The van der Waals surface area contributed by atoms with Gasteiger partial charge in [-0.3, -0.25) is 9.80 Å². The first-order valence-corrected chi connectivity index (χ1v) is 14.5. The van der Waals surface area contributed by atoms with E-state index in [-0.39, 0.29) is 11.1 Å². The molecular formula is C24H40N4O2Si. The predicted octanol–water partition coefficient (Wildman–Crippen LogP) is 5.03. The molecule has 1 aliphatic rings. The molecule has 0 spiro atoms. The number of aryl methyl sites for hydroxylation is 1. The minimum Gasteiger partial charge on any atom is -0.413 e. The Morgan fingerprint density at radius 1 is 1.06 bits per heavy atom. The molecule has 1 aliphatic heterocycles. The monoisotopic (exact) mass is 444 g/mol. The minimum atomic E-state index is -1.71. The highest BCUT2D eigenvalue weighted by molar-refractivity contribution is 6.74. The van der Waals surface area contributed by atoms with E-state index in [4.69, 9.17) is 8.95 Å². The van der Waals surface area contributed by atoms with Crippen LogP contribution in [0.15, 0.2) is 28.8 Å². The van der Waals surface area contributed by atoms with E-state index < -0.39 is 8.32 Å². The summed E-state index contributed by atoms with van der Waals surface area (Å²) in [5.41, 5.74) is 2.63. The van der Waals surface area contributed by atoms with Gasteiger partial charge < -0.3 is 8.95 Å². The fraction of sp³-hybridized carbons (Fsp3) is 0.667. The smallest absolute Gasteiger partial charge is 0.243 e. The van der Waals surface area contributed by atoms with Crippen LogP contribution in [0.3, 0.4) is 0 Å². The van der Waals surface area contributed by atoms with Gasteiger partial charge in [-0.05, 0) is 36.2 Å². The molecule has 0 aliphatic carbocycles. The van der Waals surface area contributed by atoms with Crippen LogP contribution in [0.4, 0.5) is 0 Å². The van der Waals surface area contributed by atoms with Gasteiger partial charge in [0.15, 0.2) is 14.1 Å². The van der Waals surface area contributed by atoms with Crippen molar-refractivity contribution in [2.24, 2.45) is 0 Å². The van der Waals surface area contributed by atoms with Gasteiger partial charge in [-0.1, -0.05) is 57.1 Å². The lowest BCUT2D eigenvalue weighted by Crippen LogP contribution is -2.46. The lowest BCUT2D eigenvalue weighted by atomic mass is 10.1. The number of aromatic nitrogens is 2. The van der Waals surface area contributed by atoms with Crippen molar-refractivity contribution in [2.45, 2.75) is 78.4 Å². The normalized spacial score (nSPS) is 17.8. The van der Waals surface area contributed by atoms with Crippen molar-refractivity contribution in [3.05, 3.63) is 47.1 Å². The fourth-order valence-electron chi connectivity index (χ4n) is 3.53. The van der Waals surface area contributed by atoms with Gasteiger partial charge in [0.05, 0.1) is 12.6 Å². The first-order chi connectivity index (χ1) is 14.6. The van der Waals surface area contributed by atoms with Crippen LogP contribution in [0.25, 0.3) is 0 Å². The van der Waals surface area contributed by atoms with Crippen molar-refractivity contribution in [1.82, 2.24) is 19.9 Å². The fourth-order valence-corrected chi connectivity index (χ4v) is 4.49. The number of rotatable bonds is 8. The molecule has 0 N–H and O–H groups in total. The van der Waals surface area contributed by atoms with Crippen LogP contribution in [0.1, 0.15) is 63.5 Å². The average Bonchev–Trinajstić information content (AvgIpc) is 3.22. The maximum Gasteiger partial charge on any atom is 0.243 e. The van der Waals surface area contributed by atoms with Crippen molar-refractivity contribution in [3.63, 3.8) is 0 Å². The molecule has 6 nitrogen and oxygen atoms in total. The summed E-state index contributed by atoms with van der Waals surface area (Å²) in [6.45, 7) is 21.5. The molecule has 172 valence electrons. The van der Waals surface area contributed by atoms with Crippen molar-refractivity contribution in [3.8, 4) is 0 Å². The summed E-state index contributed by atoms with van der Waals surface area (Å²) < 4.78 is 11.8. The third kappa shape index (κ3) is 6.25. The van der Waals surface area contributed by atoms with E-state index in [1.54, 1.807) is 0 Å². The number of hydrogen-bond donors (Lipinski definition) is 0. The van der Waals surface area contributed by atoms with E-state index in [0.717, 1.165) is 50.9 Å². The molecule has 0 unspecified atom stereocenters. The summed E-state index contributed by atoms with van der Waals surface area (Å²) in [6, 6.07) is 9.13. The van der Waals surface area contributed by atoms with Gasteiger partial charge in [0.25, 0.3) is 0 Å². The largest absolute Gasteiger partial charge is 0.413 e. The highest BCUT2D eigenvalue weighted by atomic mass is 28.4. The van der Waals surface area contributed by atoms with E-state index in [1.165, 1.54) is 11.1 Å². The lowest BCUT2D eigenvalue weighted by molar-refractivity contribution is 0.0845. The lowest BCUT2D eigenvalue weighted by Gasteiger charge is -2.37. The third-order valence-corrected chi connectivity index (χ3v) is 11.4. The SMILES string of the molecule is CCc1noc([C@@H](C)N2CCN(Cc3ccc(CO[Si](C)(C)C(C)(C)C)cc3)CC2)n1. The summed E-state index contributed by atoms with van der Waals surface area (Å²) in [7, 11) is -1.71. The molecule has 31 heavy (non-hydrogen) atoms. The van der Waals surface area contributed by atoms with E-state index in [2.05, 4.69) is 85.0 Å². The molecule has 3 rings (SSSR count). The van der Waals surface area contributed by atoms with Crippen LogP contribution in [0, 0.1) is 0 Å².